The lowest BCUT2D eigenvalue weighted by atomic mass is 10.1. The Hall–Kier alpha value is -0.850. The van der Waals surface area contributed by atoms with E-state index in [4.69, 9.17) is 0 Å². The van der Waals surface area contributed by atoms with E-state index in [-0.39, 0.29) is 0 Å². The van der Waals surface area contributed by atoms with Crippen molar-refractivity contribution in [2.75, 3.05) is 0 Å². The molecular weight excluding hydrogens is 112 g/mol. The molecule has 0 aromatic rings. The molecule has 0 fully saturated rings. The minimum Gasteiger partial charge on any atom is -0.298 e. The van der Waals surface area contributed by atoms with Crippen molar-refractivity contribution in [3.8, 4) is 0 Å². The summed E-state index contributed by atoms with van der Waals surface area (Å²) in [6.45, 7) is 7.45. The van der Waals surface area contributed by atoms with Gasteiger partial charge in [0.25, 0.3) is 0 Å². The van der Waals surface area contributed by atoms with Crippen LogP contribution in [0.4, 0.5) is 0 Å². The average Bonchev–Trinajstić information content (AvgIpc) is 1.82. The van der Waals surface area contributed by atoms with Crippen LogP contribution in [0.2, 0.25) is 0 Å². The summed E-state index contributed by atoms with van der Waals surface area (Å²) < 4.78 is 0. The Kier molecular flexibility index (Phi) is 3.69. The number of hydrogen-bond acceptors (Lipinski definition) is 1. The summed E-state index contributed by atoms with van der Waals surface area (Å²) in [5, 5.41) is 0. The first-order valence-electron chi connectivity index (χ1n) is 2.95. The molecule has 1 nitrogen and oxygen atoms in total. The van der Waals surface area contributed by atoms with E-state index in [0.29, 0.717) is 6.42 Å². The Morgan fingerprint density at radius 2 is 2.22 bits per heavy atom. The van der Waals surface area contributed by atoms with Gasteiger partial charge in [0.15, 0.2) is 0 Å². The highest BCUT2D eigenvalue weighted by Crippen LogP contribution is 2.04. The minimum atomic E-state index is 0.708. The van der Waals surface area contributed by atoms with Crippen molar-refractivity contribution in [1.29, 1.82) is 0 Å². The highest BCUT2D eigenvalue weighted by Gasteiger charge is 1.91. The molecule has 0 radical (unpaired) electrons. The third-order valence-corrected chi connectivity index (χ3v) is 1.03. The quantitative estimate of drug-likeness (QED) is 0.320. The van der Waals surface area contributed by atoms with Crippen LogP contribution in [0.5, 0.6) is 0 Å². The lowest BCUT2D eigenvalue weighted by molar-refractivity contribution is -0.105. The molecule has 0 spiro atoms. The maximum atomic E-state index is 10.2. The van der Waals surface area contributed by atoms with E-state index in [2.05, 4.69) is 6.58 Å². The molecule has 0 aliphatic heterocycles. The lowest BCUT2D eigenvalue weighted by Gasteiger charge is -1.94. The third kappa shape index (κ3) is 3.71. The molecule has 9 heavy (non-hydrogen) atoms. The van der Waals surface area contributed by atoms with Crippen LogP contribution in [0.3, 0.4) is 0 Å². The Bertz CT molecular complexity index is 143. The molecule has 0 aromatic carbocycles. The summed E-state index contributed by atoms with van der Waals surface area (Å²) in [4.78, 5) is 10.2. The smallest absolute Gasteiger partial charge is 0.146 e. The van der Waals surface area contributed by atoms with Gasteiger partial charge in [-0.1, -0.05) is 18.2 Å². The predicted octanol–water partition coefficient (Wildman–Crippen LogP) is 2.10. The molecule has 0 saturated carbocycles. The van der Waals surface area contributed by atoms with Crippen molar-refractivity contribution >= 4 is 6.29 Å². The lowest BCUT2D eigenvalue weighted by Crippen LogP contribution is -1.83. The van der Waals surface area contributed by atoms with Gasteiger partial charge in [-0.25, -0.2) is 0 Å². The summed E-state index contributed by atoms with van der Waals surface area (Å²) in [6.07, 6.45) is 3.39. The fourth-order valence-electron chi connectivity index (χ4n) is 0.560. The highest BCUT2D eigenvalue weighted by atomic mass is 16.1. The zero-order chi connectivity index (χ0) is 7.28. The molecule has 0 rings (SSSR count). The van der Waals surface area contributed by atoms with Gasteiger partial charge in [0.2, 0.25) is 0 Å². The van der Waals surface area contributed by atoms with E-state index in [9.17, 15) is 4.79 Å². The van der Waals surface area contributed by atoms with Crippen LogP contribution in [0.25, 0.3) is 0 Å². The number of hydrogen-bond donors (Lipinski definition) is 0. The molecule has 50 valence electrons. The van der Waals surface area contributed by atoms with Gasteiger partial charge in [-0.05, 0) is 25.8 Å². The number of allylic oxidation sites excluding steroid dienone is 3. The molecule has 0 N–H and O–H groups in total. The Labute approximate surface area is 56.1 Å². The zero-order valence-corrected chi connectivity index (χ0v) is 5.98. The van der Waals surface area contributed by atoms with E-state index in [1.165, 1.54) is 0 Å². The second-order valence-corrected chi connectivity index (χ2v) is 2.12. The SMILES string of the molecule is C=C(C)C/C(C=O)=C/C. The van der Waals surface area contributed by atoms with Crippen molar-refractivity contribution in [3.05, 3.63) is 23.8 Å². The van der Waals surface area contributed by atoms with Crippen LogP contribution in [0, 0.1) is 0 Å². The average molecular weight is 124 g/mol. The number of carbonyl (C=O) groups excluding carboxylic acids is 1. The van der Waals surface area contributed by atoms with Crippen LogP contribution in [0.15, 0.2) is 23.8 Å². The number of carbonyl (C=O) groups is 1. The number of aldehydes is 1. The second-order valence-electron chi connectivity index (χ2n) is 2.12. The van der Waals surface area contributed by atoms with Gasteiger partial charge in [0.05, 0.1) is 0 Å². The van der Waals surface area contributed by atoms with E-state index in [1.54, 1.807) is 0 Å². The molecule has 0 aromatic heterocycles. The highest BCUT2D eigenvalue weighted by molar-refractivity contribution is 5.73. The van der Waals surface area contributed by atoms with Crippen LogP contribution in [-0.2, 0) is 4.79 Å². The standard InChI is InChI=1S/C8H12O/c1-4-8(6-9)5-7(2)3/h4,6H,2,5H2,1,3H3/b8-4-. The van der Waals surface area contributed by atoms with Gasteiger partial charge in [-0.2, -0.15) is 0 Å². The summed E-state index contributed by atoms with van der Waals surface area (Å²) >= 11 is 0. The first-order valence-corrected chi connectivity index (χ1v) is 2.95. The molecule has 0 amide bonds. The van der Waals surface area contributed by atoms with Gasteiger partial charge in [-0.15, -0.1) is 0 Å². The topological polar surface area (TPSA) is 17.1 Å². The van der Waals surface area contributed by atoms with Crippen LogP contribution in [-0.4, -0.2) is 6.29 Å². The summed E-state index contributed by atoms with van der Waals surface area (Å²) in [5.41, 5.74) is 1.83. The normalized spacial score (nSPS) is 11.1. The molecule has 1 heteroatoms. The molecular formula is C8H12O. The van der Waals surface area contributed by atoms with Gasteiger partial charge in [0, 0.05) is 0 Å². The molecule has 0 aliphatic carbocycles. The maximum absolute atomic E-state index is 10.2. The molecule has 0 atom stereocenters. The third-order valence-electron chi connectivity index (χ3n) is 1.03. The Morgan fingerprint density at radius 3 is 2.33 bits per heavy atom. The fourth-order valence-corrected chi connectivity index (χ4v) is 0.560. The Balaban J connectivity index is 3.86. The molecule has 0 heterocycles. The van der Waals surface area contributed by atoms with Crippen molar-refractivity contribution in [2.24, 2.45) is 0 Å². The van der Waals surface area contributed by atoms with Gasteiger partial charge in [-0.3, -0.25) is 4.79 Å². The first kappa shape index (κ1) is 8.15. The predicted molar refractivity (Wildman–Crippen MR) is 39.3 cm³/mol. The van der Waals surface area contributed by atoms with E-state index in [1.807, 2.05) is 19.9 Å². The van der Waals surface area contributed by atoms with Gasteiger partial charge in [0.1, 0.15) is 6.29 Å². The molecule has 0 aliphatic rings. The summed E-state index contributed by atoms with van der Waals surface area (Å²) in [5.74, 6) is 0. The largest absolute Gasteiger partial charge is 0.298 e. The van der Waals surface area contributed by atoms with Gasteiger partial charge >= 0.3 is 0 Å². The molecule has 0 unspecified atom stereocenters. The first-order chi connectivity index (χ1) is 4.20. The van der Waals surface area contributed by atoms with E-state index in [0.717, 1.165) is 17.4 Å². The van der Waals surface area contributed by atoms with Crippen molar-refractivity contribution in [3.63, 3.8) is 0 Å². The minimum absolute atomic E-state index is 0.708. The zero-order valence-electron chi connectivity index (χ0n) is 5.98. The van der Waals surface area contributed by atoms with Crippen LogP contribution >= 0.6 is 0 Å². The van der Waals surface area contributed by atoms with Crippen LogP contribution in [0.1, 0.15) is 20.3 Å². The molecule has 0 bridgehead atoms. The fraction of sp³-hybridized carbons (Fsp3) is 0.375. The Morgan fingerprint density at radius 1 is 1.67 bits per heavy atom. The van der Waals surface area contributed by atoms with Crippen molar-refractivity contribution < 1.29 is 4.79 Å². The maximum Gasteiger partial charge on any atom is 0.146 e. The van der Waals surface area contributed by atoms with E-state index < -0.39 is 0 Å². The number of rotatable bonds is 3. The summed E-state index contributed by atoms with van der Waals surface area (Å²) in [7, 11) is 0. The van der Waals surface area contributed by atoms with Crippen LogP contribution < -0.4 is 0 Å². The molecule has 0 saturated heterocycles. The second kappa shape index (κ2) is 4.07. The monoisotopic (exact) mass is 124 g/mol. The van der Waals surface area contributed by atoms with Crippen molar-refractivity contribution in [1.82, 2.24) is 0 Å². The van der Waals surface area contributed by atoms with Gasteiger partial charge < -0.3 is 0 Å². The summed E-state index contributed by atoms with van der Waals surface area (Å²) in [6, 6.07) is 0. The van der Waals surface area contributed by atoms with E-state index >= 15 is 0 Å². The van der Waals surface area contributed by atoms with Crippen molar-refractivity contribution in [2.45, 2.75) is 20.3 Å².